The molecule has 0 aromatic carbocycles. The third-order valence-electron chi connectivity index (χ3n) is 1.87. The molecule has 1 aromatic heterocycles. The largest absolute Gasteiger partial charge is 0.298 e. The molecule has 0 bridgehead atoms. The first kappa shape index (κ1) is 9.75. The number of hydrogen-bond donors (Lipinski definition) is 1. The Balaban J connectivity index is 2.44. The average molecular weight is 179 g/mol. The normalized spacial score (nSPS) is 12.4. The molecule has 1 heterocycles. The first-order valence-electron chi connectivity index (χ1n) is 4.25. The van der Waals surface area contributed by atoms with Crippen molar-refractivity contribution in [2.45, 2.75) is 32.9 Å². The average Bonchev–Trinajstić information content (AvgIpc) is 2.54. The Hall–Kier alpha value is -1.34. The van der Waals surface area contributed by atoms with E-state index in [0.717, 1.165) is 17.8 Å². The van der Waals surface area contributed by atoms with Crippen LogP contribution in [0.4, 0.5) is 0 Å². The monoisotopic (exact) mass is 179 g/mol. The molecule has 0 amide bonds. The third kappa shape index (κ3) is 2.56. The van der Waals surface area contributed by atoms with E-state index in [1.165, 1.54) is 0 Å². The fourth-order valence-corrected chi connectivity index (χ4v) is 0.951. The number of aryl methyl sites for hydroxylation is 1. The molecule has 4 nitrogen and oxygen atoms in total. The van der Waals surface area contributed by atoms with E-state index in [2.05, 4.69) is 26.2 Å². The lowest BCUT2D eigenvalue weighted by molar-refractivity contribution is 0.300. The smallest absolute Gasteiger partial charge is 0.121 e. The van der Waals surface area contributed by atoms with Crippen LogP contribution < -0.4 is 5.32 Å². The van der Waals surface area contributed by atoms with Gasteiger partial charge in [-0.15, -0.1) is 6.42 Å². The van der Waals surface area contributed by atoms with E-state index in [-0.39, 0.29) is 6.04 Å². The minimum atomic E-state index is 0.0936. The Bertz CT molecular complexity index is 300. The zero-order chi connectivity index (χ0) is 9.68. The van der Waals surface area contributed by atoms with Gasteiger partial charge in [-0.25, -0.2) is 4.63 Å². The SMILES string of the molecule is C#CC(CC)NCc1nonc1C. The van der Waals surface area contributed by atoms with Gasteiger partial charge in [0.2, 0.25) is 0 Å². The fraction of sp³-hybridized carbons (Fsp3) is 0.556. The van der Waals surface area contributed by atoms with Crippen molar-refractivity contribution in [1.29, 1.82) is 0 Å². The number of hydrogen-bond acceptors (Lipinski definition) is 4. The van der Waals surface area contributed by atoms with Crippen LogP contribution in [0.25, 0.3) is 0 Å². The Morgan fingerprint density at radius 1 is 1.62 bits per heavy atom. The fourth-order valence-electron chi connectivity index (χ4n) is 0.951. The van der Waals surface area contributed by atoms with Crippen LogP contribution >= 0.6 is 0 Å². The van der Waals surface area contributed by atoms with Gasteiger partial charge in [0.1, 0.15) is 11.4 Å². The Morgan fingerprint density at radius 2 is 2.38 bits per heavy atom. The summed E-state index contributed by atoms with van der Waals surface area (Å²) in [5.74, 6) is 2.64. The quantitative estimate of drug-likeness (QED) is 0.697. The second-order valence-corrected chi connectivity index (χ2v) is 2.80. The van der Waals surface area contributed by atoms with Gasteiger partial charge in [0.05, 0.1) is 6.04 Å². The van der Waals surface area contributed by atoms with Crippen molar-refractivity contribution in [3.8, 4) is 12.3 Å². The maximum atomic E-state index is 5.29. The van der Waals surface area contributed by atoms with Crippen LogP contribution in [0.5, 0.6) is 0 Å². The summed E-state index contributed by atoms with van der Waals surface area (Å²) in [6.45, 7) is 4.49. The van der Waals surface area contributed by atoms with E-state index < -0.39 is 0 Å². The summed E-state index contributed by atoms with van der Waals surface area (Å²) >= 11 is 0. The molecule has 1 N–H and O–H groups in total. The summed E-state index contributed by atoms with van der Waals surface area (Å²) in [4.78, 5) is 0. The molecule has 0 aliphatic rings. The molecule has 1 unspecified atom stereocenters. The number of terminal acetylenes is 1. The second kappa shape index (κ2) is 4.63. The number of nitrogens with one attached hydrogen (secondary N) is 1. The molecular weight excluding hydrogens is 166 g/mol. The summed E-state index contributed by atoms with van der Waals surface area (Å²) < 4.78 is 4.55. The predicted octanol–water partition coefficient (Wildman–Crippen LogP) is 0.879. The Morgan fingerprint density at radius 3 is 2.85 bits per heavy atom. The molecule has 1 rings (SSSR count). The predicted molar refractivity (Wildman–Crippen MR) is 48.8 cm³/mol. The number of aromatic nitrogens is 2. The van der Waals surface area contributed by atoms with E-state index in [9.17, 15) is 0 Å². The van der Waals surface area contributed by atoms with E-state index in [0.29, 0.717) is 6.54 Å². The highest BCUT2D eigenvalue weighted by atomic mass is 16.6. The van der Waals surface area contributed by atoms with Gasteiger partial charge in [-0.05, 0) is 13.3 Å². The summed E-state index contributed by atoms with van der Waals surface area (Å²) in [5.41, 5.74) is 1.62. The highest BCUT2D eigenvalue weighted by Crippen LogP contribution is 2.00. The first-order chi connectivity index (χ1) is 6.27. The van der Waals surface area contributed by atoms with Crippen molar-refractivity contribution in [1.82, 2.24) is 15.6 Å². The molecule has 0 saturated carbocycles. The van der Waals surface area contributed by atoms with Crippen molar-refractivity contribution in [3.05, 3.63) is 11.4 Å². The van der Waals surface area contributed by atoms with Gasteiger partial charge in [-0.3, -0.25) is 5.32 Å². The summed E-state index contributed by atoms with van der Waals surface area (Å²) in [5, 5.41) is 10.6. The van der Waals surface area contributed by atoms with Crippen molar-refractivity contribution >= 4 is 0 Å². The summed E-state index contributed by atoms with van der Waals surface area (Å²) in [6.07, 6.45) is 6.19. The minimum absolute atomic E-state index is 0.0936. The second-order valence-electron chi connectivity index (χ2n) is 2.80. The van der Waals surface area contributed by atoms with Crippen LogP contribution in [0.3, 0.4) is 0 Å². The zero-order valence-electron chi connectivity index (χ0n) is 7.87. The number of nitrogens with zero attached hydrogens (tertiary/aromatic N) is 2. The maximum absolute atomic E-state index is 5.29. The first-order valence-corrected chi connectivity index (χ1v) is 4.25. The van der Waals surface area contributed by atoms with Crippen LogP contribution in [0.15, 0.2) is 4.63 Å². The van der Waals surface area contributed by atoms with Crippen molar-refractivity contribution in [2.24, 2.45) is 0 Å². The van der Waals surface area contributed by atoms with Gasteiger partial charge in [0, 0.05) is 6.54 Å². The van der Waals surface area contributed by atoms with Crippen LogP contribution in [0.2, 0.25) is 0 Å². The molecule has 0 fully saturated rings. The topological polar surface area (TPSA) is 51.0 Å². The highest BCUT2D eigenvalue weighted by molar-refractivity contribution is 5.06. The zero-order valence-corrected chi connectivity index (χ0v) is 7.87. The molecule has 1 aromatic rings. The van der Waals surface area contributed by atoms with E-state index in [1.54, 1.807) is 0 Å². The lowest BCUT2D eigenvalue weighted by atomic mass is 10.2. The molecule has 0 aliphatic heterocycles. The highest BCUT2D eigenvalue weighted by Gasteiger charge is 2.06. The van der Waals surface area contributed by atoms with Gasteiger partial charge in [0.15, 0.2) is 0 Å². The lowest BCUT2D eigenvalue weighted by Crippen LogP contribution is -2.26. The van der Waals surface area contributed by atoms with Crippen molar-refractivity contribution in [2.75, 3.05) is 0 Å². The Kier molecular flexibility index (Phi) is 3.47. The van der Waals surface area contributed by atoms with Gasteiger partial charge in [-0.2, -0.15) is 0 Å². The van der Waals surface area contributed by atoms with Crippen LogP contribution in [-0.2, 0) is 6.54 Å². The molecule has 0 saturated heterocycles. The molecule has 70 valence electrons. The van der Waals surface area contributed by atoms with Gasteiger partial charge >= 0.3 is 0 Å². The lowest BCUT2D eigenvalue weighted by Gasteiger charge is -2.07. The summed E-state index contributed by atoms with van der Waals surface area (Å²) in [6, 6.07) is 0.0936. The van der Waals surface area contributed by atoms with Crippen LogP contribution in [-0.4, -0.2) is 16.4 Å². The summed E-state index contributed by atoms with van der Waals surface area (Å²) in [7, 11) is 0. The maximum Gasteiger partial charge on any atom is 0.121 e. The molecular formula is C9H13N3O. The van der Waals surface area contributed by atoms with Crippen molar-refractivity contribution in [3.63, 3.8) is 0 Å². The van der Waals surface area contributed by atoms with Crippen LogP contribution in [0, 0.1) is 19.3 Å². The van der Waals surface area contributed by atoms with Gasteiger partial charge < -0.3 is 0 Å². The third-order valence-corrected chi connectivity index (χ3v) is 1.87. The van der Waals surface area contributed by atoms with Gasteiger partial charge in [-0.1, -0.05) is 23.2 Å². The molecule has 0 aliphatic carbocycles. The van der Waals surface area contributed by atoms with E-state index in [4.69, 9.17) is 6.42 Å². The minimum Gasteiger partial charge on any atom is -0.298 e. The molecule has 0 spiro atoms. The molecule has 1 atom stereocenters. The Labute approximate surface area is 77.7 Å². The molecule has 0 radical (unpaired) electrons. The molecule has 4 heteroatoms. The van der Waals surface area contributed by atoms with E-state index >= 15 is 0 Å². The van der Waals surface area contributed by atoms with Crippen molar-refractivity contribution < 1.29 is 4.63 Å². The molecule has 13 heavy (non-hydrogen) atoms. The number of rotatable bonds is 4. The van der Waals surface area contributed by atoms with Crippen LogP contribution in [0.1, 0.15) is 24.7 Å². The standard InChI is InChI=1S/C9H13N3O/c1-4-8(5-2)10-6-9-7(3)11-13-12-9/h1,8,10H,5-6H2,2-3H3. The van der Waals surface area contributed by atoms with Gasteiger partial charge in [0.25, 0.3) is 0 Å². The van der Waals surface area contributed by atoms with E-state index in [1.807, 2.05) is 13.8 Å².